The van der Waals surface area contributed by atoms with E-state index < -0.39 is 18.0 Å². The van der Waals surface area contributed by atoms with Gasteiger partial charge in [-0.2, -0.15) is 0 Å². The summed E-state index contributed by atoms with van der Waals surface area (Å²) < 4.78 is 28.8. The number of aromatic nitrogens is 3. The Morgan fingerprint density at radius 3 is 2.86 bits per heavy atom. The number of hydrogen-bond acceptors (Lipinski definition) is 3. The summed E-state index contributed by atoms with van der Waals surface area (Å²) in [5, 5.41) is 7.87. The lowest BCUT2D eigenvalue weighted by atomic mass is 9.98. The first-order valence-electron chi connectivity index (χ1n) is 9.80. The number of amides is 2. The van der Waals surface area contributed by atoms with Crippen molar-refractivity contribution in [1.29, 1.82) is 0 Å². The predicted octanol–water partition coefficient (Wildman–Crippen LogP) is 4.65. The van der Waals surface area contributed by atoms with Gasteiger partial charge < -0.3 is 10.2 Å². The van der Waals surface area contributed by atoms with E-state index in [1.807, 2.05) is 12.3 Å². The normalized spacial score (nSPS) is 15.4. The maximum atomic E-state index is 14.5. The van der Waals surface area contributed by atoms with Gasteiger partial charge in [0.05, 0.1) is 13.1 Å². The van der Waals surface area contributed by atoms with Gasteiger partial charge in [0.25, 0.3) is 0 Å². The Hall–Kier alpha value is -3.03. The lowest BCUT2D eigenvalue weighted by Gasteiger charge is -2.34. The van der Waals surface area contributed by atoms with Crippen LogP contribution in [0.5, 0.6) is 0 Å². The second kappa shape index (κ2) is 7.77. The van der Waals surface area contributed by atoms with Crippen LogP contribution in [0.25, 0.3) is 16.7 Å². The Bertz CT molecular complexity index is 1040. The van der Waals surface area contributed by atoms with Crippen LogP contribution in [0, 0.1) is 5.82 Å². The van der Waals surface area contributed by atoms with Gasteiger partial charge in [-0.1, -0.05) is 20.3 Å². The Balaban J connectivity index is 1.60. The molecule has 0 radical (unpaired) electrons. The molecule has 1 N–H and O–H groups in total. The van der Waals surface area contributed by atoms with Crippen molar-refractivity contribution in [3.63, 3.8) is 0 Å². The van der Waals surface area contributed by atoms with E-state index in [0.717, 1.165) is 23.8 Å². The third-order valence-corrected chi connectivity index (χ3v) is 5.24. The Morgan fingerprint density at radius 2 is 2.14 bits per heavy atom. The second-order valence-electron chi connectivity index (χ2n) is 7.54. The summed E-state index contributed by atoms with van der Waals surface area (Å²) in [7, 11) is 0. The molecule has 1 aromatic carbocycles. The number of carbonyl (C=O) groups excluding carboxylic acids is 1. The Morgan fingerprint density at radius 1 is 1.34 bits per heavy atom. The molecule has 0 saturated carbocycles. The standard InChI is InChI=1S/C21H23F2N5O/c1-3-4-13(2)14-7-15-10-28(26-20(15)24-9-14)19-8-17(5-6-18(19)23)25-21(29)27-11-16(22)12-27/h5-10,13,16H,3-4,11-12H2,1-2H3,(H,25,29). The van der Waals surface area contributed by atoms with Crippen LogP contribution in [0.3, 0.4) is 0 Å². The molecule has 3 aromatic rings. The molecule has 0 spiro atoms. The summed E-state index contributed by atoms with van der Waals surface area (Å²) in [6, 6.07) is 5.88. The number of benzene rings is 1. The van der Waals surface area contributed by atoms with Crippen LogP contribution in [0.2, 0.25) is 0 Å². The largest absolute Gasteiger partial charge is 0.322 e. The Kier molecular flexibility index (Phi) is 5.17. The molecule has 6 nitrogen and oxygen atoms in total. The zero-order valence-electron chi connectivity index (χ0n) is 16.4. The SMILES string of the molecule is CCCC(C)c1cnc2nn(-c3cc(NC(=O)N4CC(F)C4)ccc3F)cc2c1. The number of nitrogens with zero attached hydrogens (tertiary/aromatic N) is 4. The maximum Gasteiger partial charge on any atom is 0.322 e. The van der Waals surface area contributed by atoms with Crippen LogP contribution in [0.4, 0.5) is 19.3 Å². The van der Waals surface area contributed by atoms with E-state index in [2.05, 4.69) is 29.2 Å². The fraction of sp³-hybridized carbons (Fsp3) is 0.381. The summed E-state index contributed by atoms with van der Waals surface area (Å²) in [5.41, 5.74) is 2.27. The topological polar surface area (TPSA) is 63.1 Å². The van der Waals surface area contributed by atoms with Gasteiger partial charge in [-0.15, -0.1) is 5.10 Å². The van der Waals surface area contributed by atoms with E-state index >= 15 is 0 Å². The predicted molar refractivity (Wildman–Crippen MR) is 108 cm³/mol. The molecule has 1 fully saturated rings. The van der Waals surface area contributed by atoms with E-state index in [4.69, 9.17) is 0 Å². The molecule has 1 atom stereocenters. The first-order chi connectivity index (χ1) is 13.9. The molecule has 1 aliphatic heterocycles. The zero-order chi connectivity index (χ0) is 20.5. The maximum absolute atomic E-state index is 14.5. The van der Waals surface area contributed by atoms with Crippen LogP contribution >= 0.6 is 0 Å². The lowest BCUT2D eigenvalue weighted by molar-refractivity contribution is 0.0974. The van der Waals surface area contributed by atoms with Gasteiger partial charge in [-0.25, -0.2) is 23.2 Å². The Labute approximate surface area is 167 Å². The van der Waals surface area contributed by atoms with Crippen molar-refractivity contribution in [2.75, 3.05) is 18.4 Å². The van der Waals surface area contributed by atoms with Crippen LogP contribution in [0.1, 0.15) is 38.2 Å². The fourth-order valence-corrected chi connectivity index (χ4v) is 3.48. The van der Waals surface area contributed by atoms with Crippen LogP contribution in [0.15, 0.2) is 36.7 Å². The number of anilines is 1. The highest BCUT2D eigenvalue weighted by Gasteiger charge is 2.30. The smallest absolute Gasteiger partial charge is 0.319 e. The number of halogens is 2. The van der Waals surface area contributed by atoms with Crippen molar-refractivity contribution in [2.45, 2.75) is 38.8 Å². The van der Waals surface area contributed by atoms with Gasteiger partial charge >= 0.3 is 6.03 Å². The van der Waals surface area contributed by atoms with E-state index in [1.165, 1.54) is 27.8 Å². The monoisotopic (exact) mass is 399 g/mol. The van der Waals surface area contributed by atoms with Crippen LogP contribution in [-0.4, -0.2) is 45.0 Å². The molecule has 2 aromatic heterocycles. The fourth-order valence-electron chi connectivity index (χ4n) is 3.48. The molecule has 1 unspecified atom stereocenters. The summed E-state index contributed by atoms with van der Waals surface area (Å²) in [5.74, 6) is -0.0795. The lowest BCUT2D eigenvalue weighted by Crippen LogP contribution is -2.53. The van der Waals surface area contributed by atoms with E-state index in [9.17, 15) is 13.6 Å². The second-order valence-corrected chi connectivity index (χ2v) is 7.54. The number of fused-ring (bicyclic) bond motifs is 1. The minimum Gasteiger partial charge on any atom is -0.319 e. The number of carbonyl (C=O) groups is 1. The number of alkyl halides is 1. The van der Waals surface area contributed by atoms with Gasteiger partial charge in [0, 0.05) is 23.5 Å². The minimum absolute atomic E-state index is 0.0783. The highest BCUT2D eigenvalue weighted by Crippen LogP contribution is 2.25. The van der Waals surface area contributed by atoms with Crippen LogP contribution < -0.4 is 5.32 Å². The molecular weight excluding hydrogens is 376 g/mol. The van der Waals surface area contributed by atoms with Gasteiger partial charge in [0.15, 0.2) is 5.65 Å². The van der Waals surface area contributed by atoms with Crippen molar-refractivity contribution in [3.8, 4) is 5.69 Å². The highest BCUT2D eigenvalue weighted by atomic mass is 19.1. The quantitative estimate of drug-likeness (QED) is 0.679. The summed E-state index contributed by atoms with van der Waals surface area (Å²) in [6.45, 7) is 4.46. The van der Waals surface area contributed by atoms with Crippen molar-refractivity contribution in [1.82, 2.24) is 19.7 Å². The van der Waals surface area contributed by atoms with Gasteiger partial charge in [0.1, 0.15) is 17.7 Å². The summed E-state index contributed by atoms with van der Waals surface area (Å²) >= 11 is 0. The van der Waals surface area contributed by atoms with Gasteiger partial charge in [-0.3, -0.25) is 0 Å². The van der Waals surface area contributed by atoms with E-state index in [1.54, 1.807) is 6.20 Å². The molecule has 29 heavy (non-hydrogen) atoms. The summed E-state index contributed by atoms with van der Waals surface area (Å²) in [4.78, 5) is 17.9. The average molecular weight is 399 g/mol. The average Bonchev–Trinajstić information content (AvgIpc) is 3.10. The third-order valence-electron chi connectivity index (χ3n) is 5.24. The number of pyridine rings is 1. The number of likely N-dealkylation sites (tertiary alicyclic amines) is 1. The van der Waals surface area contributed by atoms with Crippen molar-refractivity contribution in [3.05, 3.63) is 48.0 Å². The highest BCUT2D eigenvalue weighted by molar-refractivity contribution is 5.90. The minimum atomic E-state index is -0.974. The first kappa shape index (κ1) is 19.3. The van der Waals surface area contributed by atoms with Gasteiger partial charge in [-0.05, 0) is 42.2 Å². The van der Waals surface area contributed by atoms with Crippen molar-refractivity contribution in [2.24, 2.45) is 0 Å². The van der Waals surface area contributed by atoms with Crippen LogP contribution in [-0.2, 0) is 0 Å². The molecule has 0 aliphatic carbocycles. The van der Waals surface area contributed by atoms with Crippen molar-refractivity contribution >= 4 is 22.8 Å². The molecule has 0 bridgehead atoms. The molecule has 4 rings (SSSR count). The molecular formula is C21H23F2N5O. The molecule has 152 valence electrons. The number of rotatable bonds is 5. The molecule has 8 heteroatoms. The third kappa shape index (κ3) is 3.92. The van der Waals surface area contributed by atoms with Crippen molar-refractivity contribution < 1.29 is 13.6 Å². The van der Waals surface area contributed by atoms with E-state index in [-0.39, 0.29) is 18.8 Å². The first-order valence-corrected chi connectivity index (χ1v) is 9.80. The molecule has 1 saturated heterocycles. The van der Waals surface area contributed by atoms with E-state index in [0.29, 0.717) is 17.3 Å². The number of nitrogens with one attached hydrogen (secondary N) is 1. The molecule has 1 aliphatic rings. The summed E-state index contributed by atoms with van der Waals surface area (Å²) in [6.07, 6.45) is 4.73. The zero-order valence-corrected chi connectivity index (χ0v) is 16.4. The molecule has 2 amide bonds. The van der Waals surface area contributed by atoms with Gasteiger partial charge in [0.2, 0.25) is 0 Å². The number of urea groups is 1. The molecule has 3 heterocycles. The number of hydrogen-bond donors (Lipinski definition) is 1.